The molecular formula is C14H19FN2OS. The van der Waals surface area contributed by atoms with Crippen LogP contribution >= 0.6 is 11.8 Å². The molecule has 2 rings (SSSR count). The molecule has 0 atom stereocenters. The molecule has 0 bridgehead atoms. The lowest BCUT2D eigenvalue weighted by Crippen LogP contribution is -2.39. The molecular weight excluding hydrogens is 263 g/mol. The van der Waals surface area contributed by atoms with Gasteiger partial charge in [-0.1, -0.05) is 31.7 Å². The smallest absolute Gasteiger partial charge is 0.165 e. The van der Waals surface area contributed by atoms with Crippen LogP contribution in [0.15, 0.2) is 23.2 Å². The van der Waals surface area contributed by atoms with E-state index in [1.54, 1.807) is 17.8 Å². The number of benzene rings is 1. The number of thioether (sulfide) groups is 1. The van der Waals surface area contributed by atoms with Gasteiger partial charge in [0, 0.05) is 24.3 Å². The number of rotatable bonds is 3. The highest BCUT2D eigenvalue weighted by Gasteiger charge is 2.22. The van der Waals surface area contributed by atoms with Crippen LogP contribution in [0.5, 0.6) is 5.75 Å². The van der Waals surface area contributed by atoms with Gasteiger partial charge in [0.1, 0.15) is 0 Å². The topological polar surface area (TPSA) is 33.6 Å². The lowest BCUT2D eigenvalue weighted by atomic mass is 9.93. The molecule has 0 aromatic heterocycles. The molecule has 0 radical (unpaired) electrons. The van der Waals surface area contributed by atoms with Gasteiger partial charge >= 0.3 is 0 Å². The van der Waals surface area contributed by atoms with Crippen LogP contribution in [0.2, 0.25) is 0 Å². The minimum absolute atomic E-state index is 0.219. The average Bonchev–Trinajstić information content (AvgIpc) is 2.38. The molecule has 104 valence electrons. The zero-order valence-electron chi connectivity index (χ0n) is 11.5. The van der Waals surface area contributed by atoms with E-state index in [9.17, 15) is 4.39 Å². The Balaban J connectivity index is 1.93. The highest BCUT2D eigenvalue weighted by molar-refractivity contribution is 8.13. The maximum Gasteiger partial charge on any atom is 0.165 e. The molecule has 5 heteroatoms. The normalized spacial score (nSPS) is 17.6. The van der Waals surface area contributed by atoms with Gasteiger partial charge in [-0.3, -0.25) is 4.99 Å². The second-order valence-electron chi connectivity index (χ2n) is 5.40. The number of hydrogen-bond acceptors (Lipinski definition) is 4. The van der Waals surface area contributed by atoms with Crippen molar-refractivity contribution in [2.24, 2.45) is 10.4 Å². The summed E-state index contributed by atoms with van der Waals surface area (Å²) in [6, 6.07) is 5.05. The lowest BCUT2D eigenvalue weighted by molar-refractivity contribution is 0.364. The first-order valence-corrected chi connectivity index (χ1v) is 7.22. The summed E-state index contributed by atoms with van der Waals surface area (Å²) in [5.41, 5.74) is 1.15. The number of nitrogens with one attached hydrogen (secondary N) is 1. The van der Waals surface area contributed by atoms with E-state index in [4.69, 9.17) is 4.74 Å². The van der Waals surface area contributed by atoms with Crippen molar-refractivity contribution in [3.8, 4) is 5.75 Å². The Kier molecular flexibility index (Phi) is 4.34. The zero-order chi connectivity index (χ0) is 13.9. The van der Waals surface area contributed by atoms with E-state index >= 15 is 0 Å². The van der Waals surface area contributed by atoms with E-state index in [2.05, 4.69) is 24.2 Å². The molecule has 1 aliphatic heterocycles. The third kappa shape index (κ3) is 3.86. The number of nitrogens with zero attached hydrogens (tertiary/aromatic N) is 1. The molecule has 1 heterocycles. The van der Waals surface area contributed by atoms with Crippen molar-refractivity contribution in [3.05, 3.63) is 29.6 Å². The summed E-state index contributed by atoms with van der Waals surface area (Å²) in [6.45, 7) is 6.13. The second kappa shape index (κ2) is 5.82. The standard InChI is InChI=1S/C14H19FN2OS/c1-14(2)8-16-13(17-9-14)19-7-10-4-5-12(18-3)11(15)6-10/h4-6H,7-9H2,1-3H3,(H,16,17). The van der Waals surface area contributed by atoms with Crippen molar-refractivity contribution in [1.82, 2.24) is 5.32 Å². The Morgan fingerprint density at radius 1 is 1.47 bits per heavy atom. The lowest BCUT2D eigenvalue weighted by Gasteiger charge is -2.28. The molecule has 0 amide bonds. The first-order chi connectivity index (χ1) is 9.00. The quantitative estimate of drug-likeness (QED) is 0.925. The average molecular weight is 282 g/mol. The summed E-state index contributed by atoms with van der Waals surface area (Å²) in [6.07, 6.45) is 0. The van der Waals surface area contributed by atoms with Crippen LogP contribution in [0.25, 0.3) is 0 Å². The van der Waals surface area contributed by atoms with Crippen molar-refractivity contribution < 1.29 is 9.13 Å². The van der Waals surface area contributed by atoms with E-state index in [0.717, 1.165) is 23.8 Å². The van der Waals surface area contributed by atoms with Gasteiger partial charge in [-0.2, -0.15) is 0 Å². The van der Waals surface area contributed by atoms with Gasteiger partial charge in [0.2, 0.25) is 0 Å². The molecule has 0 unspecified atom stereocenters. The second-order valence-corrected chi connectivity index (χ2v) is 6.36. The van der Waals surface area contributed by atoms with E-state index < -0.39 is 0 Å². The van der Waals surface area contributed by atoms with Crippen LogP contribution in [0, 0.1) is 11.2 Å². The third-order valence-corrected chi connectivity index (χ3v) is 3.99. The molecule has 3 nitrogen and oxygen atoms in total. The number of halogens is 1. The molecule has 0 spiro atoms. The van der Waals surface area contributed by atoms with E-state index in [-0.39, 0.29) is 17.0 Å². The van der Waals surface area contributed by atoms with Gasteiger partial charge < -0.3 is 10.1 Å². The highest BCUT2D eigenvalue weighted by Crippen LogP contribution is 2.23. The Morgan fingerprint density at radius 3 is 2.84 bits per heavy atom. The zero-order valence-corrected chi connectivity index (χ0v) is 12.3. The van der Waals surface area contributed by atoms with Crippen LogP contribution in [0.3, 0.4) is 0 Å². The predicted molar refractivity (Wildman–Crippen MR) is 78.3 cm³/mol. The maximum absolute atomic E-state index is 13.5. The summed E-state index contributed by atoms with van der Waals surface area (Å²) >= 11 is 1.60. The van der Waals surface area contributed by atoms with Crippen molar-refractivity contribution in [2.45, 2.75) is 19.6 Å². The van der Waals surface area contributed by atoms with Gasteiger partial charge in [0.25, 0.3) is 0 Å². The fourth-order valence-electron chi connectivity index (χ4n) is 1.76. The molecule has 0 saturated heterocycles. The molecule has 1 aromatic rings. The Bertz CT molecular complexity index is 488. The van der Waals surface area contributed by atoms with Crippen molar-refractivity contribution in [2.75, 3.05) is 20.2 Å². The van der Waals surface area contributed by atoms with Gasteiger partial charge in [-0.25, -0.2) is 4.39 Å². The molecule has 0 saturated carbocycles. The number of methoxy groups -OCH3 is 1. The number of amidine groups is 1. The van der Waals surface area contributed by atoms with Gasteiger partial charge in [0.15, 0.2) is 16.7 Å². The van der Waals surface area contributed by atoms with Crippen LogP contribution in [0.1, 0.15) is 19.4 Å². The number of ether oxygens (including phenoxy) is 1. The minimum atomic E-state index is -0.319. The van der Waals surface area contributed by atoms with Crippen LogP contribution in [0.4, 0.5) is 4.39 Å². The molecule has 1 aromatic carbocycles. The summed E-state index contributed by atoms with van der Waals surface area (Å²) in [4.78, 5) is 4.50. The van der Waals surface area contributed by atoms with Crippen LogP contribution in [-0.2, 0) is 5.75 Å². The molecule has 19 heavy (non-hydrogen) atoms. The Labute approximate surface area is 117 Å². The van der Waals surface area contributed by atoms with E-state index in [1.165, 1.54) is 13.2 Å². The minimum Gasteiger partial charge on any atom is -0.494 e. The first kappa shape index (κ1) is 14.2. The fraction of sp³-hybridized carbons (Fsp3) is 0.500. The van der Waals surface area contributed by atoms with Crippen molar-refractivity contribution in [3.63, 3.8) is 0 Å². The SMILES string of the molecule is COc1ccc(CSC2=NCC(C)(C)CN2)cc1F. The van der Waals surface area contributed by atoms with Crippen molar-refractivity contribution in [1.29, 1.82) is 0 Å². The number of aliphatic imine (C=N–C) groups is 1. The summed E-state index contributed by atoms with van der Waals surface area (Å²) in [5, 5.41) is 4.25. The van der Waals surface area contributed by atoms with Crippen LogP contribution < -0.4 is 10.1 Å². The monoisotopic (exact) mass is 282 g/mol. The molecule has 1 N–H and O–H groups in total. The Hall–Kier alpha value is -1.23. The largest absolute Gasteiger partial charge is 0.494 e. The van der Waals surface area contributed by atoms with E-state index in [0.29, 0.717) is 5.75 Å². The highest BCUT2D eigenvalue weighted by atomic mass is 32.2. The van der Waals surface area contributed by atoms with Gasteiger partial charge in [-0.15, -0.1) is 0 Å². The van der Waals surface area contributed by atoms with Crippen LogP contribution in [-0.4, -0.2) is 25.4 Å². The van der Waals surface area contributed by atoms with Crippen molar-refractivity contribution >= 4 is 16.9 Å². The predicted octanol–water partition coefficient (Wildman–Crippen LogP) is 3.05. The first-order valence-electron chi connectivity index (χ1n) is 6.24. The summed E-state index contributed by atoms with van der Waals surface area (Å²) in [7, 11) is 1.47. The molecule has 1 aliphatic rings. The third-order valence-electron chi connectivity index (χ3n) is 2.96. The molecule has 0 aliphatic carbocycles. The summed E-state index contributed by atoms with van der Waals surface area (Å²) in [5.74, 6) is 0.664. The van der Waals surface area contributed by atoms with Gasteiger partial charge in [0.05, 0.1) is 7.11 Å². The van der Waals surface area contributed by atoms with Gasteiger partial charge in [-0.05, 0) is 17.7 Å². The maximum atomic E-state index is 13.5. The fourth-order valence-corrected chi connectivity index (χ4v) is 2.57. The molecule has 0 fully saturated rings. The number of hydrogen-bond donors (Lipinski definition) is 1. The van der Waals surface area contributed by atoms with E-state index in [1.807, 2.05) is 6.07 Å². The Morgan fingerprint density at radius 2 is 2.26 bits per heavy atom. The summed E-state index contributed by atoms with van der Waals surface area (Å²) < 4.78 is 18.4.